The molecule has 0 saturated heterocycles. The molecule has 0 aliphatic rings. The van der Waals surface area contributed by atoms with Crippen LogP contribution >= 0.6 is 15.9 Å². The lowest BCUT2D eigenvalue weighted by Crippen LogP contribution is -2.27. The van der Waals surface area contributed by atoms with E-state index in [2.05, 4.69) is 54.2 Å². The molecule has 96 valence electrons. The fourth-order valence-corrected chi connectivity index (χ4v) is 2.46. The van der Waals surface area contributed by atoms with Gasteiger partial charge in [-0.25, -0.2) is 0 Å². The summed E-state index contributed by atoms with van der Waals surface area (Å²) in [5, 5.41) is 3.52. The monoisotopic (exact) mass is 299 g/mol. The first-order valence-corrected chi connectivity index (χ1v) is 6.95. The number of methoxy groups -OCH3 is 1. The normalized spacial score (nSPS) is 14.4. The first kappa shape index (κ1) is 14.5. The molecule has 2 atom stereocenters. The van der Waals surface area contributed by atoms with Crippen LogP contribution in [0.15, 0.2) is 18.2 Å². The lowest BCUT2D eigenvalue weighted by molar-refractivity contribution is 0.404. The maximum Gasteiger partial charge on any atom is 0.123 e. The van der Waals surface area contributed by atoms with Crippen molar-refractivity contribution in [3.8, 4) is 5.75 Å². The second-order valence-electron chi connectivity index (χ2n) is 4.61. The fraction of sp³-hybridized carbons (Fsp3) is 0.571. The van der Waals surface area contributed by atoms with Gasteiger partial charge in [-0.1, -0.05) is 40.5 Å². The van der Waals surface area contributed by atoms with Crippen LogP contribution in [0.3, 0.4) is 0 Å². The number of aryl methyl sites for hydroxylation is 1. The minimum Gasteiger partial charge on any atom is -0.496 e. The Hall–Kier alpha value is -0.540. The predicted octanol–water partition coefficient (Wildman–Crippen LogP) is 3.66. The molecule has 0 amide bonds. The Morgan fingerprint density at radius 3 is 2.65 bits per heavy atom. The Morgan fingerprint density at radius 2 is 2.06 bits per heavy atom. The highest BCUT2D eigenvalue weighted by atomic mass is 79.9. The average Bonchev–Trinajstić information content (AvgIpc) is 2.25. The smallest absolute Gasteiger partial charge is 0.123 e. The van der Waals surface area contributed by atoms with Crippen LogP contribution in [-0.2, 0) is 6.54 Å². The number of benzene rings is 1. The molecule has 2 unspecified atom stereocenters. The third-order valence-electron chi connectivity index (χ3n) is 2.76. The molecule has 1 rings (SSSR count). The maximum absolute atomic E-state index is 5.36. The third kappa shape index (κ3) is 5.09. The summed E-state index contributed by atoms with van der Waals surface area (Å²) in [5.41, 5.74) is 2.49. The SMILES string of the molecule is COc1ccc(C)cc1CNC(C)CC(C)Br. The van der Waals surface area contributed by atoms with E-state index in [0.717, 1.165) is 18.7 Å². The quantitative estimate of drug-likeness (QED) is 0.810. The van der Waals surface area contributed by atoms with E-state index in [1.54, 1.807) is 7.11 Å². The van der Waals surface area contributed by atoms with Crippen molar-refractivity contribution in [3.63, 3.8) is 0 Å². The molecular formula is C14H22BrNO. The molecule has 2 nitrogen and oxygen atoms in total. The first-order chi connectivity index (χ1) is 8.02. The minimum atomic E-state index is 0.495. The second-order valence-corrected chi connectivity index (χ2v) is 6.18. The molecule has 0 bridgehead atoms. The summed E-state index contributed by atoms with van der Waals surface area (Å²) in [6, 6.07) is 6.78. The Morgan fingerprint density at radius 1 is 1.35 bits per heavy atom. The van der Waals surface area contributed by atoms with Gasteiger partial charge in [0, 0.05) is 23.0 Å². The van der Waals surface area contributed by atoms with Crippen molar-refractivity contribution in [2.45, 2.75) is 44.6 Å². The van der Waals surface area contributed by atoms with Gasteiger partial charge in [-0.3, -0.25) is 0 Å². The molecule has 0 saturated carbocycles. The Kier molecular flexibility index (Phi) is 6.00. The van der Waals surface area contributed by atoms with Gasteiger partial charge in [0.05, 0.1) is 7.11 Å². The van der Waals surface area contributed by atoms with E-state index < -0.39 is 0 Å². The van der Waals surface area contributed by atoms with Crippen LogP contribution in [0, 0.1) is 6.92 Å². The number of nitrogens with one attached hydrogen (secondary N) is 1. The molecule has 0 spiro atoms. The molecule has 0 aromatic heterocycles. The number of hydrogen-bond acceptors (Lipinski definition) is 2. The lowest BCUT2D eigenvalue weighted by Gasteiger charge is -2.16. The van der Waals surface area contributed by atoms with E-state index in [4.69, 9.17) is 4.74 Å². The van der Waals surface area contributed by atoms with Crippen LogP contribution in [0.5, 0.6) is 5.75 Å². The van der Waals surface area contributed by atoms with Crippen LogP contribution in [0.25, 0.3) is 0 Å². The first-order valence-electron chi connectivity index (χ1n) is 6.04. The summed E-state index contributed by atoms with van der Waals surface area (Å²) in [4.78, 5) is 0.546. The van der Waals surface area contributed by atoms with Crippen molar-refractivity contribution in [1.29, 1.82) is 0 Å². The van der Waals surface area contributed by atoms with E-state index >= 15 is 0 Å². The van der Waals surface area contributed by atoms with Gasteiger partial charge in [0.25, 0.3) is 0 Å². The highest BCUT2D eigenvalue weighted by molar-refractivity contribution is 9.09. The Labute approximate surface area is 113 Å². The summed E-state index contributed by atoms with van der Waals surface area (Å²) in [6.45, 7) is 7.34. The van der Waals surface area contributed by atoms with Gasteiger partial charge in [0.15, 0.2) is 0 Å². The zero-order valence-electron chi connectivity index (χ0n) is 11.1. The van der Waals surface area contributed by atoms with Crippen LogP contribution in [0.4, 0.5) is 0 Å². The van der Waals surface area contributed by atoms with Crippen LogP contribution in [0.2, 0.25) is 0 Å². The van der Waals surface area contributed by atoms with Crippen molar-refractivity contribution in [1.82, 2.24) is 5.32 Å². The topological polar surface area (TPSA) is 21.3 Å². The number of rotatable bonds is 6. The number of alkyl halides is 1. The summed E-state index contributed by atoms with van der Waals surface area (Å²) < 4.78 is 5.36. The fourth-order valence-electron chi connectivity index (χ4n) is 1.90. The van der Waals surface area contributed by atoms with Crippen molar-refractivity contribution in [2.24, 2.45) is 0 Å². The molecule has 1 N–H and O–H groups in total. The molecule has 0 aliphatic heterocycles. The molecule has 1 aromatic carbocycles. The van der Waals surface area contributed by atoms with Gasteiger partial charge in [0.1, 0.15) is 5.75 Å². The molecule has 0 heterocycles. The van der Waals surface area contributed by atoms with E-state index in [9.17, 15) is 0 Å². The van der Waals surface area contributed by atoms with Gasteiger partial charge in [0.2, 0.25) is 0 Å². The van der Waals surface area contributed by atoms with E-state index in [-0.39, 0.29) is 0 Å². The zero-order chi connectivity index (χ0) is 12.8. The second kappa shape index (κ2) is 7.02. The summed E-state index contributed by atoms with van der Waals surface area (Å²) in [5.74, 6) is 0.960. The summed E-state index contributed by atoms with van der Waals surface area (Å²) in [7, 11) is 1.72. The predicted molar refractivity (Wildman–Crippen MR) is 77.0 cm³/mol. The molecule has 17 heavy (non-hydrogen) atoms. The van der Waals surface area contributed by atoms with Crippen LogP contribution in [0.1, 0.15) is 31.4 Å². The average molecular weight is 300 g/mol. The van der Waals surface area contributed by atoms with Crippen molar-refractivity contribution >= 4 is 15.9 Å². The molecule has 0 radical (unpaired) electrons. The van der Waals surface area contributed by atoms with Gasteiger partial charge in [-0.05, 0) is 26.3 Å². The Bertz CT molecular complexity index is 352. The Balaban J connectivity index is 2.58. The van der Waals surface area contributed by atoms with E-state index in [1.165, 1.54) is 11.1 Å². The van der Waals surface area contributed by atoms with Gasteiger partial charge < -0.3 is 10.1 Å². The molecule has 3 heteroatoms. The van der Waals surface area contributed by atoms with Gasteiger partial charge in [-0.15, -0.1) is 0 Å². The number of hydrogen-bond donors (Lipinski definition) is 1. The van der Waals surface area contributed by atoms with E-state index in [0.29, 0.717) is 10.9 Å². The standard InChI is InChI=1S/C14H22BrNO/c1-10-5-6-14(17-4)13(7-10)9-16-12(3)8-11(2)15/h5-7,11-12,16H,8-9H2,1-4H3. The third-order valence-corrected chi connectivity index (χ3v) is 3.13. The minimum absolute atomic E-state index is 0.495. The van der Waals surface area contributed by atoms with Crippen LogP contribution in [-0.4, -0.2) is 18.0 Å². The van der Waals surface area contributed by atoms with Crippen molar-refractivity contribution in [2.75, 3.05) is 7.11 Å². The molecular weight excluding hydrogens is 278 g/mol. The zero-order valence-corrected chi connectivity index (χ0v) is 12.7. The maximum atomic E-state index is 5.36. The highest BCUT2D eigenvalue weighted by Gasteiger charge is 2.08. The van der Waals surface area contributed by atoms with Crippen molar-refractivity contribution in [3.05, 3.63) is 29.3 Å². The molecule has 1 aromatic rings. The molecule has 0 aliphatic carbocycles. The van der Waals surface area contributed by atoms with Gasteiger partial charge >= 0.3 is 0 Å². The van der Waals surface area contributed by atoms with E-state index in [1.807, 2.05) is 6.07 Å². The number of halogens is 1. The summed E-state index contributed by atoms with van der Waals surface area (Å²) in [6.07, 6.45) is 1.12. The van der Waals surface area contributed by atoms with Gasteiger partial charge in [-0.2, -0.15) is 0 Å². The number of ether oxygens (including phenoxy) is 1. The van der Waals surface area contributed by atoms with Crippen molar-refractivity contribution < 1.29 is 4.74 Å². The largest absolute Gasteiger partial charge is 0.496 e. The summed E-state index contributed by atoms with van der Waals surface area (Å²) >= 11 is 3.58. The molecule has 0 fully saturated rings. The lowest BCUT2D eigenvalue weighted by atomic mass is 10.1. The van der Waals surface area contributed by atoms with Crippen LogP contribution < -0.4 is 10.1 Å². The highest BCUT2D eigenvalue weighted by Crippen LogP contribution is 2.19.